The normalized spacial score (nSPS) is 19.1. The summed E-state index contributed by atoms with van der Waals surface area (Å²) in [6, 6.07) is 14.5. The number of nitrogens with zero attached hydrogens (tertiary/aromatic N) is 2. The maximum absolute atomic E-state index is 12.8. The van der Waals surface area contributed by atoms with Crippen molar-refractivity contribution in [1.29, 1.82) is 0 Å². The monoisotopic (exact) mass is 453 g/mol. The van der Waals surface area contributed by atoms with Crippen molar-refractivity contribution in [3.8, 4) is 0 Å². The predicted octanol–water partition coefficient (Wildman–Crippen LogP) is 1.44. The molecule has 6 N–H and O–H groups in total. The zero-order chi connectivity index (χ0) is 24.0. The van der Waals surface area contributed by atoms with Crippen LogP contribution in [0.1, 0.15) is 36.0 Å². The van der Waals surface area contributed by atoms with Gasteiger partial charge in [-0.3, -0.25) is 14.5 Å². The van der Waals surface area contributed by atoms with Crippen molar-refractivity contribution in [1.82, 2.24) is 15.5 Å². The van der Waals surface area contributed by atoms with E-state index in [1.807, 2.05) is 30.3 Å². The Hall–Kier alpha value is -4.08. The molecule has 0 aromatic heterocycles. The van der Waals surface area contributed by atoms with Gasteiger partial charge in [0.25, 0.3) is 0 Å². The van der Waals surface area contributed by atoms with Gasteiger partial charge in [-0.2, -0.15) is 0 Å². The third-order valence-electron chi connectivity index (χ3n) is 5.70. The van der Waals surface area contributed by atoms with Gasteiger partial charge in [-0.1, -0.05) is 59.8 Å². The van der Waals surface area contributed by atoms with E-state index in [-0.39, 0.29) is 24.8 Å². The molecule has 0 unspecified atom stereocenters. The largest absolute Gasteiger partial charge is 0.465 e. The van der Waals surface area contributed by atoms with E-state index >= 15 is 0 Å². The lowest BCUT2D eigenvalue weighted by atomic mass is 9.96. The van der Waals surface area contributed by atoms with Crippen LogP contribution in [0.3, 0.4) is 0 Å². The summed E-state index contributed by atoms with van der Waals surface area (Å²) in [6.07, 6.45) is -0.815. The Morgan fingerprint density at radius 1 is 1.15 bits per heavy atom. The van der Waals surface area contributed by atoms with Crippen LogP contribution in [0.15, 0.2) is 59.8 Å². The number of amidine groups is 1. The Morgan fingerprint density at radius 2 is 1.82 bits per heavy atom. The van der Waals surface area contributed by atoms with Crippen molar-refractivity contribution in [2.45, 2.75) is 37.9 Å². The number of hydrogen-bond donors (Lipinski definition) is 5. The fourth-order valence-corrected chi connectivity index (χ4v) is 3.83. The van der Waals surface area contributed by atoms with E-state index < -0.39 is 30.0 Å². The number of oxime groups is 1. The number of carbonyl (C=O) groups is 3. The molecule has 10 nitrogen and oxygen atoms in total. The number of nitrogens with one attached hydrogen (secondary N) is 2. The summed E-state index contributed by atoms with van der Waals surface area (Å²) in [7, 11) is 0. The molecule has 0 aliphatic carbocycles. The van der Waals surface area contributed by atoms with Gasteiger partial charge < -0.3 is 26.7 Å². The number of nitrogens with two attached hydrogens (primary N) is 1. The predicted molar refractivity (Wildman–Crippen MR) is 121 cm³/mol. The Morgan fingerprint density at radius 3 is 2.42 bits per heavy atom. The van der Waals surface area contributed by atoms with Crippen molar-refractivity contribution >= 4 is 23.7 Å². The van der Waals surface area contributed by atoms with Gasteiger partial charge in [-0.25, -0.2) is 4.79 Å². The highest BCUT2D eigenvalue weighted by Crippen LogP contribution is 2.31. The number of likely N-dealkylation sites (tertiary alicyclic amines) is 1. The molecule has 3 rings (SSSR count). The average molecular weight is 453 g/mol. The number of amides is 3. The van der Waals surface area contributed by atoms with Crippen LogP contribution in [0, 0.1) is 0 Å². The first-order chi connectivity index (χ1) is 15.8. The van der Waals surface area contributed by atoms with E-state index in [9.17, 15) is 19.5 Å². The molecule has 1 aliphatic rings. The van der Waals surface area contributed by atoms with Crippen LogP contribution in [0.2, 0.25) is 0 Å². The van der Waals surface area contributed by atoms with Gasteiger partial charge in [0.15, 0.2) is 5.84 Å². The number of benzene rings is 2. The van der Waals surface area contributed by atoms with Crippen molar-refractivity contribution in [3.63, 3.8) is 0 Å². The van der Waals surface area contributed by atoms with Crippen molar-refractivity contribution < 1.29 is 24.7 Å². The third kappa shape index (κ3) is 5.79. The number of carboxylic acid groups (broad SMARTS) is 1. The van der Waals surface area contributed by atoms with Gasteiger partial charge in [0.2, 0.25) is 11.8 Å². The molecule has 1 heterocycles. The van der Waals surface area contributed by atoms with Crippen molar-refractivity contribution in [2.75, 3.05) is 6.54 Å². The molecule has 0 saturated carbocycles. The van der Waals surface area contributed by atoms with Gasteiger partial charge in [0.1, 0.15) is 12.1 Å². The fourth-order valence-electron chi connectivity index (χ4n) is 3.83. The number of rotatable bonds is 7. The first-order valence-electron chi connectivity index (χ1n) is 10.5. The average Bonchev–Trinajstić information content (AvgIpc) is 3.29. The summed E-state index contributed by atoms with van der Waals surface area (Å²) in [5, 5.41) is 26.5. The summed E-state index contributed by atoms with van der Waals surface area (Å²) in [6.45, 7) is 1.99. The van der Waals surface area contributed by atoms with Crippen LogP contribution in [0.25, 0.3) is 0 Å². The zero-order valence-electron chi connectivity index (χ0n) is 18.1. The Labute approximate surface area is 191 Å². The van der Waals surface area contributed by atoms with Crippen LogP contribution >= 0.6 is 0 Å². The van der Waals surface area contributed by atoms with E-state index in [0.29, 0.717) is 12.0 Å². The van der Waals surface area contributed by atoms with E-state index in [1.165, 1.54) is 0 Å². The van der Waals surface area contributed by atoms with E-state index in [4.69, 9.17) is 10.9 Å². The quantitative estimate of drug-likeness (QED) is 0.185. The molecule has 3 atom stereocenters. The molecule has 1 fully saturated rings. The van der Waals surface area contributed by atoms with E-state index in [0.717, 1.165) is 16.0 Å². The molecule has 33 heavy (non-hydrogen) atoms. The highest BCUT2D eigenvalue weighted by atomic mass is 16.4. The molecule has 2 aromatic rings. The van der Waals surface area contributed by atoms with Crippen LogP contribution in [0.5, 0.6) is 0 Å². The third-order valence-corrected chi connectivity index (χ3v) is 5.70. The summed E-state index contributed by atoms with van der Waals surface area (Å²) in [4.78, 5) is 38.1. The van der Waals surface area contributed by atoms with Crippen LogP contribution in [-0.2, 0) is 16.1 Å². The summed E-state index contributed by atoms with van der Waals surface area (Å²) >= 11 is 0. The summed E-state index contributed by atoms with van der Waals surface area (Å²) in [5.41, 5.74) is 7.83. The lowest BCUT2D eigenvalue weighted by Crippen LogP contribution is -2.51. The molecular formula is C23H27N5O5. The highest BCUT2D eigenvalue weighted by molar-refractivity contribution is 5.97. The van der Waals surface area contributed by atoms with Gasteiger partial charge in [-0.05, 0) is 24.5 Å². The minimum Gasteiger partial charge on any atom is -0.465 e. The van der Waals surface area contributed by atoms with Crippen LogP contribution < -0.4 is 16.4 Å². The number of carbonyl (C=O) groups excluding carboxylic acids is 2. The Kier molecular flexibility index (Phi) is 7.50. The first kappa shape index (κ1) is 23.6. The topological polar surface area (TPSA) is 157 Å². The zero-order valence-corrected chi connectivity index (χ0v) is 18.1. The van der Waals surface area contributed by atoms with E-state index in [2.05, 4.69) is 15.8 Å². The molecule has 1 saturated heterocycles. The Balaban J connectivity index is 1.56. The molecule has 3 amide bonds. The molecule has 0 bridgehead atoms. The molecule has 1 aliphatic heterocycles. The molecule has 2 aromatic carbocycles. The van der Waals surface area contributed by atoms with Crippen LogP contribution in [0.4, 0.5) is 4.79 Å². The minimum atomic E-state index is -1.17. The minimum absolute atomic E-state index is 0.0151. The van der Waals surface area contributed by atoms with Crippen LogP contribution in [-0.4, -0.2) is 57.6 Å². The van der Waals surface area contributed by atoms with Crippen molar-refractivity contribution in [3.05, 3.63) is 71.3 Å². The van der Waals surface area contributed by atoms with Gasteiger partial charge in [0, 0.05) is 24.6 Å². The second-order valence-corrected chi connectivity index (χ2v) is 7.92. The molecule has 0 spiro atoms. The molecule has 0 radical (unpaired) electrons. The summed E-state index contributed by atoms with van der Waals surface area (Å²) in [5.74, 6) is -1.00. The maximum Gasteiger partial charge on any atom is 0.408 e. The molecule has 174 valence electrons. The smallest absolute Gasteiger partial charge is 0.408 e. The van der Waals surface area contributed by atoms with Gasteiger partial charge in [0.05, 0.1) is 0 Å². The summed E-state index contributed by atoms with van der Waals surface area (Å²) < 4.78 is 0. The molecular weight excluding hydrogens is 426 g/mol. The second kappa shape index (κ2) is 10.5. The van der Waals surface area contributed by atoms with Crippen molar-refractivity contribution in [2.24, 2.45) is 10.9 Å². The SMILES string of the molecule is C[C@H](NC(=O)[C@H]1C[C@H](c2ccccc2)CN1C(=O)O)C(=O)NCc1ccc(/C(N)=N/O)cc1. The Bertz CT molecular complexity index is 1030. The lowest BCUT2D eigenvalue weighted by Gasteiger charge is -2.22. The second-order valence-electron chi connectivity index (χ2n) is 7.92. The fraction of sp³-hybridized carbons (Fsp3) is 0.304. The first-order valence-corrected chi connectivity index (χ1v) is 10.5. The maximum atomic E-state index is 12.8. The lowest BCUT2D eigenvalue weighted by molar-refractivity contribution is -0.130. The van der Waals surface area contributed by atoms with Gasteiger partial charge in [-0.15, -0.1) is 0 Å². The standard InChI is InChI=1S/C23H27N5O5/c1-14(21(29)25-12-15-7-9-17(10-8-15)20(24)27-33)26-22(30)19-11-18(13-28(19)23(31)32)16-5-3-2-4-6-16/h2-10,14,18-19,33H,11-13H2,1H3,(H2,24,27)(H,25,29)(H,26,30)(H,31,32)/t14-,18-,19+/m0/s1. The van der Waals surface area contributed by atoms with Gasteiger partial charge >= 0.3 is 6.09 Å². The number of hydrogen-bond acceptors (Lipinski definition) is 5. The molecule has 10 heteroatoms. The highest BCUT2D eigenvalue weighted by Gasteiger charge is 2.40. The van der Waals surface area contributed by atoms with E-state index in [1.54, 1.807) is 31.2 Å².